The second-order valence-electron chi connectivity index (χ2n) is 3.21. The molecule has 0 saturated heterocycles. The third-order valence-corrected chi connectivity index (χ3v) is 3.13. The second-order valence-corrected chi connectivity index (χ2v) is 4.44. The van der Waals surface area contributed by atoms with E-state index >= 15 is 0 Å². The maximum absolute atomic E-state index is 11.9. The van der Waals surface area contributed by atoms with Crippen LogP contribution in [0.5, 0.6) is 0 Å². The highest BCUT2D eigenvalue weighted by atomic mass is 32.2. The van der Waals surface area contributed by atoms with Crippen LogP contribution in [0.4, 0.5) is 0 Å². The van der Waals surface area contributed by atoms with Crippen molar-refractivity contribution in [3.8, 4) is 0 Å². The van der Waals surface area contributed by atoms with Crippen LogP contribution in [-0.4, -0.2) is 15.3 Å². The standard InChI is InChI=1S/C11H12N2OS/c1-3-15-11-12-9-7-5-4-6-8(9)10(14)13(11)2/h4-7H,3H2,1-2H3. The van der Waals surface area contributed by atoms with Gasteiger partial charge in [-0.05, 0) is 17.9 Å². The molecule has 0 bridgehead atoms. The van der Waals surface area contributed by atoms with Crippen LogP contribution in [0, 0.1) is 0 Å². The van der Waals surface area contributed by atoms with Crippen molar-refractivity contribution in [2.24, 2.45) is 7.05 Å². The summed E-state index contributed by atoms with van der Waals surface area (Å²) in [5, 5.41) is 1.46. The molecule has 1 aromatic heterocycles. The Morgan fingerprint density at radius 3 is 2.87 bits per heavy atom. The zero-order valence-corrected chi connectivity index (χ0v) is 9.54. The number of hydrogen-bond donors (Lipinski definition) is 0. The molecule has 0 aliphatic heterocycles. The number of nitrogens with zero attached hydrogens (tertiary/aromatic N) is 2. The van der Waals surface area contributed by atoms with Crippen LogP contribution < -0.4 is 5.56 Å². The van der Waals surface area contributed by atoms with E-state index in [1.807, 2.05) is 31.2 Å². The highest BCUT2D eigenvalue weighted by Gasteiger charge is 2.06. The number of benzene rings is 1. The number of hydrogen-bond acceptors (Lipinski definition) is 3. The molecule has 0 radical (unpaired) electrons. The van der Waals surface area contributed by atoms with E-state index in [2.05, 4.69) is 4.98 Å². The third-order valence-electron chi connectivity index (χ3n) is 2.22. The molecular formula is C11H12N2OS. The van der Waals surface area contributed by atoms with Crippen LogP contribution in [-0.2, 0) is 7.05 Å². The molecule has 0 aliphatic carbocycles. The van der Waals surface area contributed by atoms with Gasteiger partial charge in [-0.25, -0.2) is 4.98 Å². The summed E-state index contributed by atoms with van der Waals surface area (Å²) in [7, 11) is 1.76. The van der Waals surface area contributed by atoms with E-state index in [9.17, 15) is 4.79 Å². The Morgan fingerprint density at radius 1 is 1.40 bits per heavy atom. The molecule has 15 heavy (non-hydrogen) atoms. The minimum Gasteiger partial charge on any atom is -0.290 e. The molecule has 1 aromatic carbocycles. The monoisotopic (exact) mass is 220 g/mol. The molecule has 0 fully saturated rings. The average molecular weight is 220 g/mol. The molecular weight excluding hydrogens is 208 g/mol. The Morgan fingerprint density at radius 2 is 2.13 bits per heavy atom. The average Bonchev–Trinajstić information content (AvgIpc) is 2.26. The lowest BCUT2D eigenvalue weighted by Gasteiger charge is -2.06. The summed E-state index contributed by atoms with van der Waals surface area (Å²) >= 11 is 1.58. The number of para-hydroxylation sites is 1. The van der Waals surface area contributed by atoms with Gasteiger partial charge in [-0.2, -0.15) is 0 Å². The first-order valence-electron chi connectivity index (χ1n) is 4.82. The number of thioether (sulfide) groups is 1. The fourth-order valence-corrected chi connectivity index (χ4v) is 2.15. The highest BCUT2D eigenvalue weighted by molar-refractivity contribution is 7.99. The van der Waals surface area contributed by atoms with E-state index in [-0.39, 0.29) is 5.56 Å². The Balaban J connectivity index is 2.77. The van der Waals surface area contributed by atoms with E-state index in [4.69, 9.17) is 0 Å². The molecule has 0 N–H and O–H groups in total. The summed E-state index contributed by atoms with van der Waals surface area (Å²) in [5.41, 5.74) is 0.799. The van der Waals surface area contributed by atoms with E-state index in [1.54, 1.807) is 23.4 Å². The predicted molar refractivity (Wildman–Crippen MR) is 63.4 cm³/mol. The van der Waals surface area contributed by atoms with Gasteiger partial charge in [-0.15, -0.1) is 0 Å². The maximum atomic E-state index is 11.9. The van der Waals surface area contributed by atoms with Crippen LogP contribution in [0.1, 0.15) is 6.92 Å². The van der Waals surface area contributed by atoms with Crippen LogP contribution in [0.3, 0.4) is 0 Å². The highest BCUT2D eigenvalue weighted by Crippen LogP contribution is 2.15. The Kier molecular flexibility index (Phi) is 2.77. The largest absolute Gasteiger partial charge is 0.290 e. The van der Waals surface area contributed by atoms with E-state index in [1.165, 1.54) is 0 Å². The Bertz CT molecular complexity index is 548. The van der Waals surface area contributed by atoms with Gasteiger partial charge in [-0.3, -0.25) is 9.36 Å². The smallest absolute Gasteiger partial charge is 0.261 e. The van der Waals surface area contributed by atoms with E-state index in [0.717, 1.165) is 16.4 Å². The van der Waals surface area contributed by atoms with Crippen molar-refractivity contribution >= 4 is 22.7 Å². The van der Waals surface area contributed by atoms with Gasteiger partial charge in [0.05, 0.1) is 10.9 Å². The Labute approximate surface area is 92.1 Å². The molecule has 0 spiro atoms. The van der Waals surface area contributed by atoms with Gasteiger partial charge in [0, 0.05) is 7.05 Å². The maximum Gasteiger partial charge on any atom is 0.261 e. The van der Waals surface area contributed by atoms with Crippen molar-refractivity contribution in [3.05, 3.63) is 34.6 Å². The summed E-state index contributed by atoms with van der Waals surface area (Å²) in [4.78, 5) is 16.4. The van der Waals surface area contributed by atoms with Gasteiger partial charge < -0.3 is 0 Å². The van der Waals surface area contributed by atoms with Crippen molar-refractivity contribution < 1.29 is 0 Å². The molecule has 0 unspecified atom stereocenters. The summed E-state index contributed by atoms with van der Waals surface area (Å²) in [6.07, 6.45) is 0. The molecule has 0 saturated carbocycles. The number of fused-ring (bicyclic) bond motifs is 1. The topological polar surface area (TPSA) is 34.9 Å². The van der Waals surface area contributed by atoms with Crippen molar-refractivity contribution in [3.63, 3.8) is 0 Å². The predicted octanol–water partition coefficient (Wildman–Crippen LogP) is 2.05. The van der Waals surface area contributed by atoms with Gasteiger partial charge in [0.2, 0.25) is 0 Å². The van der Waals surface area contributed by atoms with Gasteiger partial charge >= 0.3 is 0 Å². The molecule has 3 nitrogen and oxygen atoms in total. The minimum absolute atomic E-state index is 0.0246. The zero-order valence-electron chi connectivity index (χ0n) is 8.73. The lowest BCUT2D eigenvalue weighted by Crippen LogP contribution is -2.19. The van der Waals surface area contributed by atoms with Gasteiger partial charge in [0.15, 0.2) is 5.16 Å². The summed E-state index contributed by atoms with van der Waals surface area (Å²) in [6.45, 7) is 2.05. The normalized spacial score (nSPS) is 10.8. The molecule has 2 rings (SSSR count). The van der Waals surface area contributed by atoms with Crippen molar-refractivity contribution in [2.75, 3.05) is 5.75 Å². The summed E-state index contributed by atoms with van der Waals surface area (Å²) in [5.74, 6) is 0.915. The van der Waals surface area contributed by atoms with Crippen LogP contribution in [0.2, 0.25) is 0 Å². The fraction of sp³-hybridized carbons (Fsp3) is 0.273. The lowest BCUT2D eigenvalue weighted by molar-refractivity contribution is 0.726. The SMILES string of the molecule is CCSc1nc2ccccc2c(=O)n1C. The molecule has 0 aliphatic rings. The first-order chi connectivity index (χ1) is 7.24. The van der Waals surface area contributed by atoms with Gasteiger partial charge in [-0.1, -0.05) is 30.8 Å². The molecule has 0 amide bonds. The quantitative estimate of drug-likeness (QED) is 0.574. The minimum atomic E-state index is 0.0246. The molecule has 2 aromatic rings. The molecule has 1 heterocycles. The van der Waals surface area contributed by atoms with Crippen molar-refractivity contribution in [1.29, 1.82) is 0 Å². The summed E-state index contributed by atoms with van der Waals surface area (Å²) in [6, 6.07) is 7.44. The van der Waals surface area contributed by atoms with Crippen molar-refractivity contribution in [1.82, 2.24) is 9.55 Å². The summed E-state index contributed by atoms with van der Waals surface area (Å²) < 4.78 is 1.61. The van der Waals surface area contributed by atoms with E-state index in [0.29, 0.717) is 5.39 Å². The molecule has 78 valence electrons. The zero-order chi connectivity index (χ0) is 10.8. The van der Waals surface area contributed by atoms with Crippen LogP contribution in [0.25, 0.3) is 10.9 Å². The molecule has 0 atom stereocenters. The number of rotatable bonds is 2. The van der Waals surface area contributed by atoms with Crippen molar-refractivity contribution in [2.45, 2.75) is 12.1 Å². The van der Waals surface area contributed by atoms with E-state index < -0.39 is 0 Å². The fourth-order valence-electron chi connectivity index (χ4n) is 1.46. The Hall–Kier alpha value is -1.29. The van der Waals surface area contributed by atoms with Gasteiger partial charge in [0.25, 0.3) is 5.56 Å². The second kappa shape index (κ2) is 4.06. The first-order valence-corrected chi connectivity index (χ1v) is 5.81. The van der Waals surface area contributed by atoms with Crippen LogP contribution >= 0.6 is 11.8 Å². The number of aromatic nitrogens is 2. The lowest BCUT2D eigenvalue weighted by atomic mass is 10.2. The molecule has 4 heteroatoms. The first kappa shape index (κ1) is 10.2. The van der Waals surface area contributed by atoms with Crippen LogP contribution in [0.15, 0.2) is 34.2 Å². The third kappa shape index (κ3) is 1.77. The van der Waals surface area contributed by atoms with Gasteiger partial charge in [0.1, 0.15) is 0 Å².